The number of aryl methyl sites for hydroxylation is 1. The Labute approximate surface area is 76.1 Å². The lowest BCUT2D eigenvalue weighted by Crippen LogP contribution is -1.81. The zero-order chi connectivity index (χ0) is 8.43. The van der Waals surface area contributed by atoms with E-state index in [9.17, 15) is 0 Å². The topological polar surface area (TPSA) is 0 Å². The third-order valence-corrected chi connectivity index (χ3v) is 2.24. The fourth-order valence-electron chi connectivity index (χ4n) is 0.966. The molecular formula is C10H11Br. The van der Waals surface area contributed by atoms with Gasteiger partial charge in [-0.2, -0.15) is 0 Å². The summed E-state index contributed by atoms with van der Waals surface area (Å²) in [7, 11) is 0. The Morgan fingerprint density at radius 1 is 1.45 bits per heavy atom. The van der Waals surface area contributed by atoms with Crippen LogP contribution < -0.4 is 0 Å². The first-order valence-corrected chi connectivity index (χ1v) is 4.32. The zero-order valence-corrected chi connectivity index (χ0v) is 8.40. The van der Waals surface area contributed by atoms with Crippen LogP contribution >= 0.6 is 15.9 Å². The molecule has 1 aromatic carbocycles. The van der Waals surface area contributed by atoms with Crippen LogP contribution in [0.25, 0.3) is 5.57 Å². The van der Waals surface area contributed by atoms with E-state index in [4.69, 9.17) is 0 Å². The minimum atomic E-state index is 1.09. The molecule has 0 amide bonds. The summed E-state index contributed by atoms with van der Waals surface area (Å²) >= 11 is 3.49. The van der Waals surface area contributed by atoms with Crippen molar-refractivity contribution in [2.24, 2.45) is 0 Å². The van der Waals surface area contributed by atoms with E-state index in [1.54, 1.807) is 0 Å². The highest BCUT2D eigenvalue weighted by Gasteiger charge is 1.98. The largest absolute Gasteiger partial charge is 0.0955 e. The van der Waals surface area contributed by atoms with Gasteiger partial charge in [0.15, 0.2) is 0 Å². The molecule has 0 N–H and O–H groups in total. The summed E-state index contributed by atoms with van der Waals surface area (Å²) in [6, 6.07) is 6.28. The average Bonchev–Trinajstić information content (AvgIpc) is 1.85. The van der Waals surface area contributed by atoms with Gasteiger partial charge in [0.1, 0.15) is 0 Å². The van der Waals surface area contributed by atoms with Crippen LogP contribution in [-0.2, 0) is 0 Å². The van der Waals surface area contributed by atoms with E-state index >= 15 is 0 Å². The molecule has 1 heteroatoms. The fraction of sp³-hybridized carbons (Fsp3) is 0.200. The lowest BCUT2D eigenvalue weighted by Gasteiger charge is -2.03. The average molecular weight is 211 g/mol. The number of hydrogen-bond donors (Lipinski definition) is 0. The van der Waals surface area contributed by atoms with Gasteiger partial charge in [-0.3, -0.25) is 0 Å². The SMILES string of the molecule is C=C(C)c1ccc(C)cc1Br. The van der Waals surface area contributed by atoms with Gasteiger partial charge in [-0.25, -0.2) is 0 Å². The Hall–Kier alpha value is -0.560. The Balaban J connectivity index is 3.20. The molecule has 0 nitrogen and oxygen atoms in total. The summed E-state index contributed by atoms with van der Waals surface area (Å²) in [4.78, 5) is 0. The quantitative estimate of drug-likeness (QED) is 0.662. The molecule has 0 unspecified atom stereocenters. The molecular weight excluding hydrogens is 200 g/mol. The van der Waals surface area contributed by atoms with E-state index in [0.717, 1.165) is 10.0 Å². The van der Waals surface area contributed by atoms with E-state index in [-0.39, 0.29) is 0 Å². The van der Waals surface area contributed by atoms with Crippen molar-refractivity contribution in [3.8, 4) is 0 Å². The first-order valence-electron chi connectivity index (χ1n) is 3.53. The second-order valence-corrected chi connectivity index (χ2v) is 3.62. The zero-order valence-electron chi connectivity index (χ0n) is 6.82. The smallest absolute Gasteiger partial charge is 0.0252 e. The molecule has 0 aliphatic heterocycles. The number of benzene rings is 1. The fourth-order valence-corrected chi connectivity index (χ4v) is 1.80. The van der Waals surface area contributed by atoms with Crippen LogP contribution in [0.5, 0.6) is 0 Å². The van der Waals surface area contributed by atoms with E-state index < -0.39 is 0 Å². The van der Waals surface area contributed by atoms with Crippen LogP contribution in [-0.4, -0.2) is 0 Å². The molecule has 0 saturated heterocycles. The molecule has 11 heavy (non-hydrogen) atoms. The summed E-state index contributed by atoms with van der Waals surface area (Å²) < 4.78 is 1.13. The van der Waals surface area contributed by atoms with Crippen molar-refractivity contribution in [3.05, 3.63) is 40.4 Å². The van der Waals surface area contributed by atoms with Gasteiger partial charge in [-0.15, -0.1) is 0 Å². The Bertz CT molecular complexity index is 287. The maximum atomic E-state index is 3.89. The number of allylic oxidation sites excluding steroid dienone is 1. The summed E-state index contributed by atoms with van der Waals surface area (Å²) in [6.45, 7) is 7.97. The van der Waals surface area contributed by atoms with Crippen LogP contribution in [0.4, 0.5) is 0 Å². The van der Waals surface area contributed by atoms with Crippen LogP contribution in [0.1, 0.15) is 18.1 Å². The van der Waals surface area contributed by atoms with Crippen molar-refractivity contribution >= 4 is 21.5 Å². The normalized spacial score (nSPS) is 9.73. The van der Waals surface area contributed by atoms with Gasteiger partial charge >= 0.3 is 0 Å². The second kappa shape index (κ2) is 3.22. The van der Waals surface area contributed by atoms with E-state index in [0.29, 0.717) is 0 Å². The van der Waals surface area contributed by atoms with Gasteiger partial charge in [-0.1, -0.05) is 34.6 Å². The maximum absolute atomic E-state index is 3.89. The van der Waals surface area contributed by atoms with Gasteiger partial charge < -0.3 is 0 Å². The number of hydrogen-bond acceptors (Lipinski definition) is 0. The predicted octanol–water partition coefficient (Wildman–Crippen LogP) is 3.79. The standard InChI is InChI=1S/C10H11Br/c1-7(2)9-5-4-8(3)6-10(9)11/h4-6H,1H2,2-3H3. The van der Waals surface area contributed by atoms with Gasteiger partial charge in [-0.05, 0) is 36.6 Å². The van der Waals surface area contributed by atoms with Gasteiger partial charge in [0.05, 0.1) is 0 Å². The maximum Gasteiger partial charge on any atom is 0.0252 e. The molecule has 0 radical (unpaired) electrons. The molecule has 0 aliphatic carbocycles. The Kier molecular flexibility index (Phi) is 2.50. The summed E-state index contributed by atoms with van der Waals surface area (Å²) in [6.07, 6.45) is 0. The molecule has 58 valence electrons. The molecule has 0 spiro atoms. The summed E-state index contributed by atoms with van der Waals surface area (Å²) in [5, 5.41) is 0. The van der Waals surface area contributed by atoms with Gasteiger partial charge in [0.25, 0.3) is 0 Å². The van der Waals surface area contributed by atoms with Gasteiger partial charge in [0.2, 0.25) is 0 Å². The molecule has 1 rings (SSSR count). The number of halogens is 1. The molecule has 0 aromatic heterocycles. The number of rotatable bonds is 1. The van der Waals surface area contributed by atoms with Crippen molar-refractivity contribution in [1.29, 1.82) is 0 Å². The van der Waals surface area contributed by atoms with Crippen molar-refractivity contribution < 1.29 is 0 Å². The van der Waals surface area contributed by atoms with E-state index in [1.165, 1.54) is 11.1 Å². The van der Waals surface area contributed by atoms with Crippen LogP contribution in [0.3, 0.4) is 0 Å². The Morgan fingerprint density at radius 3 is 2.55 bits per heavy atom. The van der Waals surface area contributed by atoms with Crippen LogP contribution in [0, 0.1) is 6.92 Å². The predicted molar refractivity (Wildman–Crippen MR) is 53.6 cm³/mol. The highest BCUT2D eigenvalue weighted by atomic mass is 79.9. The van der Waals surface area contributed by atoms with Crippen molar-refractivity contribution in [2.75, 3.05) is 0 Å². The summed E-state index contributed by atoms with van der Waals surface area (Å²) in [5.41, 5.74) is 3.55. The molecule has 0 bridgehead atoms. The van der Waals surface area contributed by atoms with Crippen molar-refractivity contribution in [3.63, 3.8) is 0 Å². The first kappa shape index (κ1) is 8.54. The monoisotopic (exact) mass is 210 g/mol. The lowest BCUT2D eigenvalue weighted by atomic mass is 10.1. The van der Waals surface area contributed by atoms with E-state index in [2.05, 4.69) is 47.6 Å². The molecule has 0 atom stereocenters. The third-order valence-electron chi connectivity index (χ3n) is 1.58. The van der Waals surface area contributed by atoms with Crippen LogP contribution in [0.15, 0.2) is 29.3 Å². The minimum Gasteiger partial charge on any atom is -0.0955 e. The third kappa shape index (κ3) is 1.93. The molecule has 1 aromatic rings. The molecule has 0 saturated carbocycles. The summed E-state index contributed by atoms with van der Waals surface area (Å²) in [5.74, 6) is 0. The minimum absolute atomic E-state index is 1.09. The highest BCUT2D eigenvalue weighted by Crippen LogP contribution is 2.23. The lowest BCUT2D eigenvalue weighted by molar-refractivity contribution is 1.42. The van der Waals surface area contributed by atoms with Gasteiger partial charge in [0, 0.05) is 4.47 Å². The molecule has 0 aliphatic rings. The Morgan fingerprint density at radius 2 is 2.09 bits per heavy atom. The highest BCUT2D eigenvalue weighted by molar-refractivity contribution is 9.10. The molecule has 0 fully saturated rings. The van der Waals surface area contributed by atoms with Crippen LogP contribution in [0.2, 0.25) is 0 Å². The first-order chi connectivity index (χ1) is 5.11. The van der Waals surface area contributed by atoms with Crippen molar-refractivity contribution in [2.45, 2.75) is 13.8 Å². The van der Waals surface area contributed by atoms with E-state index in [1.807, 2.05) is 6.92 Å². The molecule has 0 heterocycles. The second-order valence-electron chi connectivity index (χ2n) is 2.76. The van der Waals surface area contributed by atoms with Crippen molar-refractivity contribution in [1.82, 2.24) is 0 Å².